The molecular weight excluding hydrogens is 682 g/mol. The lowest BCUT2D eigenvalue weighted by Crippen LogP contribution is -2.16. The smallest absolute Gasteiger partial charge is 0.299 e. The van der Waals surface area contributed by atoms with Gasteiger partial charge in [0.25, 0.3) is 11.4 Å². The first kappa shape index (κ1) is 45.9. The standard InChI is InChI=1S/C32H55N3O16/c1-2-40-7-8-42-11-12-44-15-16-46-19-20-48-23-24-50-27-28-51-26-25-49-22-21-47-18-17-45-14-13-43-10-9-41-6-5-33-31-4-3-30(34(36)37)29-32(31)35(38)39/h2-4,29,33H,1,5-28H2. The Bertz CT molecular complexity index is 994. The number of benzene rings is 1. The molecule has 0 amide bonds. The Kier molecular flexibility index (Phi) is 31.8. The lowest BCUT2D eigenvalue weighted by molar-refractivity contribution is -0.393. The number of nitrogens with one attached hydrogen (secondary N) is 1. The van der Waals surface area contributed by atoms with Crippen molar-refractivity contribution in [3.8, 4) is 0 Å². The molecule has 0 radical (unpaired) electrons. The lowest BCUT2D eigenvalue weighted by atomic mass is 10.2. The highest BCUT2D eigenvalue weighted by atomic mass is 16.6. The number of ether oxygens (including phenoxy) is 12. The van der Waals surface area contributed by atoms with Crippen molar-refractivity contribution in [1.82, 2.24) is 0 Å². The van der Waals surface area contributed by atoms with E-state index in [0.717, 1.165) is 6.07 Å². The van der Waals surface area contributed by atoms with E-state index in [2.05, 4.69) is 11.9 Å². The van der Waals surface area contributed by atoms with E-state index in [1.165, 1.54) is 18.4 Å². The van der Waals surface area contributed by atoms with Gasteiger partial charge < -0.3 is 62.2 Å². The minimum Gasteiger partial charge on any atom is -0.499 e. The molecule has 0 fully saturated rings. The second-order valence-corrected chi connectivity index (χ2v) is 9.92. The molecule has 19 heteroatoms. The maximum atomic E-state index is 11.1. The van der Waals surface area contributed by atoms with Crippen LogP contribution >= 0.6 is 0 Å². The number of nitrogens with zero attached hydrogens (tertiary/aromatic N) is 2. The van der Waals surface area contributed by atoms with E-state index >= 15 is 0 Å². The summed E-state index contributed by atoms with van der Waals surface area (Å²) in [6.07, 6.45) is 1.39. The van der Waals surface area contributed by atoms with Gasteiger partial charge in [0.1, 0.15) is 12.3 Å². The molecule has 294 valence electrons. The highest BCUT2D eigenvalue weighted by Crippen LogP contribution is 2.28. The summed E-state index contributed by atoms with van der Waals surface area (Å²) < 4.78 is 64.6. The summed E-state index contributed by atoms with van der Waals surface area (Å²) in [5, 5.41) is 24.8. The molecule has 19 nitrogen and oxygen atoms in total. The first-order valence-corrected chi connectivity index (χ1v) is 16.8. The third kappa shape index (κ3) is 29.2. The van der Waals surface area contributed by atoms with Gasteiger partial charge in [-0.1, -0.05) is 6.58 Å². The van der Waals surface area contributed by atoms with Crippen molar-refractivity contribution in [3.63, 3.8) is 0 Å². The van der Waals surface area contributed by atoms with Crippen molar-refractivity contribution in [3.05, 3.63) is 51.3 Å². The molecule has 1 N–H and O–H groups in total. The molecule has 1 aromatic rings. The summed E-state index contributed by atoms with van der Waals surface area (Å²) in [5.74, 6) is 0. The maximum Gasteiger partial charge on any atom is 0.299 e. The van der Waals surface area contributed by atoms with Crippen LogP contribution in [0.5, 0.6) is 0 Å². The van der Waals surface area contributed by atoms with Crippen LogP contribution in [-0.4, -0.2) is 168 Å². The van der Waals surface area contributed by atoms with Crippen LogP contribution in [0.25, 0.3) is 0 Å². The molecular formula is C32H55N3O16. The molecule has 1 aromatic carbocycles. The summed E-state index contributed by atoms with van der Waals surface area (Å²) in [7, 11) is 0. The first-order chi connectivity index (χ1) is 25.1. The minimum atomic E-state index is -0.682. The van der Waals surface area contributed by atoms with E-state index in [4.69, 9.17) is 56.8 Å². The van der Waals surface area contributed by atoms with Gasteiger partial charge in [0.2, 0.25) is 0 Å². The van der Waals surface area contributed by atoms with E-state index in [1.807, 2.05) is 0 Å². The molecule has 0 spiro atoms. The highest BCUT2D eigenvalue weighted by molar-refractivity contribution is 5.65. The summed E-state index contributed by atoms with van der Waals surface area (Å²) in [6, 6.07) is 3.42. The van der Waals surface area contributed by atoms with Crippen molar-refractivity contribution < 1.29 is 66.7 Å². The minimum absolute atomic E-state index is 0.184. The fourth-order valence-corrected chi connectivity index (χ4v) is 3.68. The van der Waals surface area contributed by atoms with E-state index in [-0.39, 0.29) is 30.2 Å². The average Bonchev–Trinajstić information content (AvgIpc) is 3.12. The number of hydrogen-bond donors (Lipinski definition) is 1. The molecule has 0 atom stereocenters. The van der Waals surface area contributed by atoms with Gasteiger partial charge in [-0.25, -0.2) is 0 Å². The molecule has 0 bridgehead atoms. The lowest BCUT2D eigenvalue weighted by Gasteiger charge is -2.09. The molecule has 0 saturated heterocycles. The SMILES string of the molecule is C=COCCOCCOCCOCCOCCOCCOCCOCCOCCOCCOCCOCCNc1ccc([N+](=O)[O-])cc1[N+](=O)[O-]. The normalized spacial score (nSPS) is 11.1. The molecule has 0 unspecified atom stereocenters. The third-order valence-corrected chi connectivity index (χ3v) is 6.13. The monoisotopic (exact) mass is 737 g/mol. The van der Waals surface area contributed by atoms with Crippen LogP contribution in [0.1, 0.15) is 0 Å². The molecule has 0 saturated carbocycles. The number of non-ortho nitro benzene ring substituents is 1. The summed E-state index contributed by atoms with van der Waals surface area (Å²) in [5.41, 5.74) is -0.530. The molecule has 0 aliphatic rings. The van der Waals surface area contributed by atoms with Gasteiger partial charge in [0.05, 0.1) is 168 Å². The van der Waals surface area contributed by atoms with Crippen molar-refractivity contribution >= 4 is 17.1 Å². The summed E-state index contributed by atoms with van der Waals surface area (Å²) >= 11 is 0. The zero-order valence-corrected chi connectivity index (χ0v) is 29.4. The summed E-state index contributed by atoms with van der Waals surface area (Å²) in [4.78, 5) is 20.6. The molecule has 51 heavy (non-hydrogen) atoms. The number of anilines is 1. The van der Waals surface area contributed by atoms with Gasteiger partial charge in [-0.3, -0.25) is 20.2 Å². The number of rotatable bonds is 40. The Morgan fingerprint density at radius 1 is 0.490 bits per heavy atom. The van der Waals surface area contributed by atoms with E-state index in [1.54, 1.807) is 0 Å². The predicted octanol–water partition coefficient (Wildman–Crippen LogP) is 2.26. The zero-order chi connectivity index (χ0) is 36.9. The molecule has 0 aliphatic carbocycles. The Balaban J connectivity index is 1.71. The molecule has 0 heterocycles. The average molecular weight is 738 g/mol. The van der Waals surface area contributed by atoms with Crippen molar-refractivity contribution in [1.29, 1.82) is 0 Å². The second kappa shape index (κ2) is 35.3. The largest absolute Gasteiger partial charge is 0.499 e. The highest BCUT2D eigenvalue weighted by Gasteiger charge is 2.19. The number of nitro benzene ring substituents is 2. The summed E-state index contributed by atoms with van der Waals surface area (Å²) in [6.45, 7) is 14.2. The maximum absolute atomic E-state index is 11.1. The van der Waals surface area contributed by atoms with Crippen molar-refractivity contribution in [2.75, 3.05) is 164 Å². The van der Waals surface area contributed by atoms with Crippen molar-refractivity contribution in [2.45, 2.75) is 0 Å². The Morgan fingerprint density at radius 2 is 0.804 bits per heavy atom. The van der Waals surface area contributed by atoms with Gasteiger partial charge in [-0.05, 0) is 6.07 Å². The van der Waals surface area contributed by atoms with E-state index < -0.39 is 9.85 Å². The van der Waals surface area contributed by atoms with Gasteiger partial charge >= 0.3 is 0 Å². The van der Waals surface area contributed by atoms with Crippen LogP contribution in [0.3, 0.4) is 0 Å². The number of hydrogen-bond acceptors (Lipinski definition) is 17. The fourth-order valence-electron chi connectivity index (χ4n) is 3.68. The predicted molar refractivity (Wildman–Crippen MR) is 183 cm³/mol. The topological polar surface area (TPSA) is 209 Å². The Morgan fingerprint density at radius 3 is 1.10 bits per heavy atom. The molecule has 0 aliphatic heterocycles. The quantitative estimate of drug-likeness (QED) is 0.0443. The Labute approximate surface area is 298 Å². The van der Waals surface area contributed by atoms with Crippen LogP contribution in [0.2, 0.25) is 0 Å². The van der Waals surface area contributed by atoms with Crippen LogP contribution < -0.4 is 5.32 Å². The van der Waals surface area contributed by atoms with E-state index in [9.17, 15) is 20.2 Å². The third-order valence-electron chi connectivity index (χ3n) is 6.13. The van der Waals surface area contributed by atoms with Gasteiger partial charge in [0.15, 0.2) is 0 Å². The zero-order valence-electron chi connectivity index (χ0n) is 29.4. The van der Waals surface area contributed by atoms with Gasteiger partial charge in [-0.15, -0.1) is 0 Å². The first-order valence-electron chi connectivity index (χ1n) is 16.8. The fraction of sp³-hybridized carbons (Fsp3) is 0.750. The molecule has 0 aromatic heterocycles. The van der Waals surface area contributed by atoms with Crippen LogP contribution in [0.4, 0.5) is 17.1 Å². The molecule has 1 rings (SSSR count). The van der Waals surface area contributed by atoms with Gasteiger partial charge in [0, 0.05) is 12.6 Å². The van der Waals surface area contributed by atoms with Crippen LogP contribution in [-0.2, 0) is 56.8 Å². The van der Waals surface area contributed by atoms with E-state index in [0.29, 0.717) is 145 Å². The van der Waals surface area contributed by atoms with Crippen molar-refractivity contribution in [2.24, 2.45) is 0 Å². The number of nitro groups is 2. The second-order valence-electron chi connectivity index (χ2n) is 9.92. The van der Waals surface area contributed by atoms with Crippen LogP contribution in [0, 0.1) is 20.2 Å². The Hall–Kier alpha value is -3.08. The van der Waals surface area contributed by atoms with Crippen LogP contribution in [0.15, 0.2) is 31.0 Å². The van der Waals surface area contributed by atoms with Gasteiger partial charge in [-0.2, -0.15) is 0 Å².